The highest BCUT2D eigenvalue weighted by molar-refractivity contribution is 7.89. The molecule has 0 saturated heterocycles. The zero-order chi connectivity index (χ0) is 12.5. The summed E-state index contributed by atoms with van der Waals surface area (Å²) in [5.41, 5.74) is 2.01. The van der Waals surface area contributed by atoms with Gasteiger partial charge in [0.05, 0.1) is 12.0 Å². The van der Waals surface area contributed by atoms with E-state index in [4.69, 9.17) is 9.94 Å². The van der Waals surface area contributed by atoms with Crippen LogP contribution < -0.4 is 9.62 Å². The summed E-state index contributed by atoms with van der Waals surface area (Å²) >= 11 is 0. The largest absolute Gasteiger partial charge is 0.496 e. The van der Waals surface area contributed by atoms with Gasteiger partial charge in [-0.3, -0.25) is 0 Å². The molecule has 0 fully saturated rings. The van der Waals surface area contributed by atoms with Crippen LogP contribution in [-0.4, -0.2) is 20.7 Å². The second-order valence-electron chi connectivity index (χ2n) is 3.57. The lowest BCUT2D eigenvalue weighted by atomic mass is 10.1. The van der Waals surface area contributed by atoms with Crippen molar-refractivity contribution < 1.29 is 18.4 Å². The minimum atomic E-state index is -3.85. The van der Waals surface area contributed by atoms with Crippen LogP contribution in [0.1, 0.15) is 16.7 Å². The molecule has 0 saturated carbocycles. The van der Waals surface area contributed by atoms with Gasteiger partial charge in [0.25, 0.3) is 10.0 Å². The Labute approximate surface area is 95.1 Å². The molecule has 1 aromatic rings. The first kappa shape index (κ1) is 13.0. The van der Waals surface area contributed by atoms with E-state index in [1.54, 1.807) is 20.8 Å². The predicted molar refractivity (Wildman–Crippen MR) is 59.3 cm³/mol. The van der Waals surface area contributed by atoms with E-state index in [0.29, 0.717) is 16.9 Å². The van der Waals surface area contributed by atoms with Crippen LogP contribution in [0.15, 0.2) is 11.0 Å². The molecule has 2 N–H and O–H groups in total. The Kier molecular flexibility index (Phi) is 3.57. The summed E-state index contributed by atoms with van der Waals surface area (Å²) in [4.78, 5) is 1.38. The molecule has 0 radical (unpaired) electrons. The predicted octanol–water partition coefficient (Wildman–Crippen LogP) is 1.29. The molecule has 6 heteroatoms. The zero-order valence-electron chi connectivity index (χ0n) is 9.66. The van der Waals surface area contributed by atoms with Crippen molar-refractivity contribution in [3.8, 4) is 5.75 Å². The molecule has 1 rings (SSSR count). The topological polar surface area (TPSA) is 75.6 Å². The smallest absolute Gasteiger partial charge is 0.262 e. The van der Waals surface area contributed by atoms with Crippen molar-refractivity contribution in [1.29, 1.82) is 0 Å². The molecule has 0 aliphatic carbocycles. The summed E-state index contributed by atoms with van der Waals surface area (Å²) < 4.78 is 28.2. The number of sulfonamides is 1. The van der Waals surface area contributed by atoms with E-state index in [-0.39, 0.29) is 4.90 Å². The van der Waals surface area contributed by atoms with Crippen molar-refractivity contribution in [2.24, 2.45) is 0 Å². The summed E-state index contributed by atoms with van der Waals surface area (Å²) in [7, 11) is -2.31. The fraction of sp³-hybridized carbons (Fsp3) is 0.400. The Bertz CT molecular complexity index is 508. The number of hydrogen-bond donors (Lipinski definition) is 2. The Balaban J connectivity index is 3.59. The van der Waals surface area contributed by atoms with Crippen molar-refractivity contribution in [2.45, 2.75) is 25.7 Å². The van der Waals surface area contributed by atoms with Gasteiger partial charge in [0, 0.05) is 0 Å². The molecule has 1 aromatic carbocycles. The van der Waals surface area contributed by atoms with Gasteiger partial charge in [-0.2, -0.15) is 0 Å². The molecule has 0 atom stereocenters. The first-order chi connectivity index (χ1) is 7.35. The van der Waals surface area contributed by atoms with Gasteiger partial charge < -0.3 is 9.94 Å². The van der Waals surface area contributed by atoms with Crippen molar-refractivity contribution in [1.82, 2.24) is 4.89 Å². The van der Waals surface area contributed by atoms with Gasteiger partial charge in [-0.05, 0) is 43.5 Å². The lowest BCUT2D eigenvalue weighted by Crippen LogP contribution is -2.21. The third kappa shape index (κ3) is 2.04. The fourth-order valence-electron chi connectivity index (χ4n) is 1.66. The van der Waals surface area contributed by atoms with Crippen molar-refractivity contribution >= 4 is 10.0 Å². The van der Waals surface area contributed by atoms with E-state index in [9.17, 15) is 8.42 Å². The van der Waals surface area contributed by atoms with Gasteiger partial charge in [-0.25, -0.2) is 8.42 Å². The van der Waals surface area contributed by atoms with Gasteiger partial charge in [-0.1, -0.05) is 4.89 Å². The molecule has 90 valence electrons. The first-order valence-corrected chi connectivity index (χ1v) is 6.14. The average Bonchev–Trinajstić information content (AvgIpc) is 2.24. The van der Waals surface area contributed by atoms with Crippen molar-refractivity contribution in [3.05, 3.63) is 22.8 Å². The molecule has 0 spiro atoms. The van der Waals surface area contributed by atoms with Crippen LogP contribution in [0.25, 0.3) is 0 Å². The maximum absolute atomic E-state index is 11.5. The Morgan fingerprint density at radius 1 is 1.25 bits per heavy atom. The third-order valence-corrected chi connectivity index (χ3v) is 3.84. The number of rotatable bonds is 3. The molecule has 0 aliphatic rings. The van der Waals surface area contributed by atoms with Gasteiger partial charge >= 0.3 is 0 Å². The molecule has 0 amide bonds. The van der Waals surface area contributed by atoms with Crippen molar-refractivity contribution in [3.63, 3.8) is 0 Å². The van der Waals surface area contributed by atoms with Gasteiger partial charge in [0.1, 0.15) is 5.75 Å². The standard InChI is InChI=1S/C10H15NO4S/c1-6-5-9(16(13,14)11-12)7(2)8(3)10(6)15-4/h5,11-12H,1-4H3. The maximum Gasteiger partial charge on any atom is 0.262 e. The Hall–Kier alpha value is -1.11. The molecule has 16 heavy (non-hydrogen) atoms. The highest BCUT2D eigenvalue weighted by Gasteiger charge is 2.20. The average molecular weight is 245 g/mol. The molecule has 0 unspecified atom stereocenters. The van der Waals surface area contributed by atoms with Crippen LogP contribution >= 0.6 is 0 Å². The summed E-state index contributed by atoms with van der Waals surface area (Å²) in [5, 5.41) is 8.61. The van der Waals surface area contributed by atoms with E-state index >= 15 is 0 Å². The lowest BCUT2D eigenvalue weighted by molar-refractivity contribution is 0.242. The highest BCUT2D eigenvalue weighted by Crippen LogP contribution is 2.30. The summed E-state index contributed by atoms with van der Waals surface area (Å²) in [6, 6.07) is 1.47. The quantitative estimate of drug-likeness (QED) is 0.787. The molecule has 0 bridgehead atoms. The Morgan fingerprint density at radius 3 is 2.25 bits per heavy atom. The molecule has 5 nitrogen and oxygen atoms in total. The number of methoxy groups -OCH3 is 1. The second kappa shape index (κ2) is 4.40. The third-order valence-electron chi connectivity index (χ3n) is 2.59. The molecule has 0 aromatic heterocycles. The Morgan fingerprint density at radius 2 is 1.81 bits per heavy atom. The minimum absolute atomic E-state index is 0.0609. The van der Waals surface area contributed by atoms with E-state index in [1.807, 2.05) is 0 Å². The molecular formula is C10H15NO4S. The fourth-order valence-corrected chi connectivity index (χ4v) is 2.65. The zero-order valence-corrected chi connectivity index (χ0v) is 10.5. The van der Waals surface area contributed by atoms with Gasteiger partial charge in [0.15, 0.2) is 0 Å². The number of ether oxygens (including phenoxy) is 1. The molecule has 0 heterocycles. The SMILES string of the molecule is COc1c(C)cc(S(=O)(=O)NO)c(C)c1C. The monoisotopic (exact) mass is 245 g/mol. The van der Waals surface area contributed by atoms with Crippen LogP contribution in [0.4, 0.5) is 0 Å². The van der Waals surface area contributed by atoms with E-state index < -0.39 is 10.0 Å². The number of nitrogens with one attached hydrogen (secondary N) is 1. The summed E-state index contributed by atoms with van der Waals surface area (Å²) in [6.45, 7) is 5.20. The minimum Gasteiger partial charge on any atom is -0.496 e. The highest BCUT2D eigenvalue weighted by atomic mass is 32.2. The second-order valence-corrected chi connectivity index (χ2v) is 5.20. The first-order valence-electron chi connectivity index (χ1n) is 4.65. The lowest BCUT2D eigenvalue weighted by Gasteiger charge is -2.14. The number of hydrogen-bond acceptors (Lipinski definition) is 4. The van der Waals surface area contributed by atoms with Crippen molar-refractivity contribution in [2.75, 3.05) is 7.11 Å². The van der Waals surface area contributed by atoms with Crippen LogP contribution in [0.2, 0.25) is 0 Å². The number of benzene rings is 1. The van der Waals surface area contributed by atoms with Crippen LogP contribution in [0.3, 0.4) is 0 Å². The van der Waals surface area contributed by atoms with E-state index in [0.717, 1.165) is 5.56 Å². The van der Waals surface area contributed by atoms with Crippen LogP contribution in [0, 0.1) is 20.8 Å². The van der Waals surface area contributed by atoms with E-state index in [1.165, 1.54) is 18.1 Å². The summed E-state index contributed by atoms with van der Waals surface area (Å²) in [6.07, 6.45) is 0. The van der Waals surface area contributed by atoms with Crippen LogP contribution in [0.5, 0.6) is 5.75 Å². The van der Waals surface area contributed by atoms with Gasteiger partial charge in [-0.15, -0.1) is 0 Å². The number of aryl methyl sites for hydroxylation is 1. The normalized spacial score (nSPS) is 11.6. The van der Waals surface area contributed by atoms with E-state index in [2.05, 4.69) is 0 Å². The molecular weight excluding hydrogens is 230 g/mol. The van der Waals surface area contributed by atoms with Crippen LogP contribution in [-0.2, 0) is 10.0 Å². The summed E-state index contributed by atoms with van der Waals surface area (Å²) in [5.74, 6) is 0.661. The van der Waals surface area contributed by atoms with Gasteiger partial charge in [0.2, 0.25) is 0 Å². The maximum atomic E-state index is 11.5. The molecule has 0 aliphatic heterocycles.